The summed E-state index contributed by atoms with van der Waals surface area (Å²) >= 11 is 0. The third kappa shape index (κ3) is 3.78. The van der Waals surface area contributed by atoms with Crippen molar-refractivity contribution in [3.05, 3.63) is 83.1 Å². The van der Waals surface area contributed by atoms with Gasteiger partial charge in [0.15, 0.2) is 6.10 Å². The number of carbonyl (C=O) groups excluding carboxylic acids is 1. The van der Waals surface area contributed by atoms with Gasteiger partial charge in [-0.3, -0.25) is 0 Å². The minimum atomic E-state index is -0.527. The van der Waals surface area contributed by atoms with E-state index in [0.29, 0.717) is 11.5 Å². The third-order valence-electron chi connectivity index (χ3n) is 5.81. The Labute approximate surface area is 160 Å². The molecule has 1 fully saturated rings. The van der Waals surface area contributed by atoms with E-state index in [1.54, 1.807) is 0 Å². The first-order chi connectivity index (χ1) is 13.1. The molecule has 0 bridgehead atoms. The van der Waals surface area contributed by atoms with Crippen LogP contribution in [0.1, 0.15) is 43.2 Å². The van der Waals surface area contributed by atoms with Gasteiger partial charge in [-0.15, -0.1) is 0 Å². The number of hydrogen-bond acceptors (Lipinski definition) is 3. The topological polar surface area (TPSA) is 46.5 Å². The van der Waals surface area contributed by atoms with Gasteiger partial charge in [0.05, 0.1) is 5.57 Å². The summed E-state index contributed by atoms with van der Waals surface area (Å²) in [6, 6.07) is 20.3. The van der Waals surface area contributed by atoms with Crippen LogP contribution in [0.2, 0.25) is 0 Å². The number of rotatable bonds is 7. The number of aryl methyl sites for hydroxylation is 1. The van der Waals surface area contributed by atoms with Gasteiger partial charge in [0.2, 0.25) is 0 Å². The largest absolute Gasteiger partial charge is 0.508 e. The molecule has 1 saturated carbocycles. The molecule has 3 atom stereocenters. The highest BCUT2D eigenvalue weighted by atomic mass is 16.6. The van der Waals surface area contributed by atoms with Crippen molar-refractivity contribution < 1.29 is 14.6 Å². The highest BCUT2D eigenvalue weighted by Crippen LogP contribution is 2.49. The predicted molar refractivity (Wildman–Crippen MR) is 105 cm³/mol. The second-order valence-corrected chi connectivity index (χ2v) is 7.85. The van der Waals surface area contributed by atoms with E-state index in [-0.39, 0.29) is 23.6 Å². The summed E-state index contributed by atoms with van der Waals surface area (Å²) in [4.78, 5) is 12.7. The van der Waals surface area contributed by atoms with Gasteiger partial charge in [0.25, 0.3) is 0 Å². The van der Waals surface area contributed by atoms with Crippen LogP contribution in [0.25, 0.3) is 0 Å². The first kappa shape index (κ1) is 17.8. The Bertz CT molecular complexity index is 821. The van der Waals surface area contributed by atoms with E-state index in [9.17, 15) is 9.90 Å². The fraction of sp³-hybridized carbons (Fsp3) is 0.375. The van der Waals surface area contributed by atoms with Gasteiger partial charge in [-0.25, -0.2) is 4.79 Å². The molecule has 0 radical (unpaired) electrons. The smallest absolute Gasteiger partial charge is 0.338 e. The maximum absolute atomic E-state index is 12.7. The fourth-order valence-corrected chi connectivity index (χ4v) is 4.12. The van der Waals surface area contributed by atoms with Crippen LogP contribution in [0.5, 0.6) is 0 Å². The van der Waals surface area contributed by atoms with Crippen molar-refractivity contribution in [1.29, 1.82) is 0 Å². The lowest BCUT2D eigenvalue weighted by atomic mass is 9.85. The van der Waals surface area contributed by atoms with Crippen molar-refractivity contribution in [1.82, 2.24) is 0 Å². The highest BCUT2D eigenvalue weighted by molar-refractivity contribution is 5.93. The number of aliphatic hydroxyl groups excluding tert-OH is 1. The normalized spacial score (nSPS) is 21.8. The van der Waals surface area contributed by atoms with Crippen molar-refractivity contribution in [2.24, 2.45) is 11.8 Å². The van der Waals surface area contributed by atoms with Crippen LogP contribution in [0.3, 0.4) is 0 Å². The molecule has 27 heavy (non-hydrogen) atoms. The van der Waals surface area contributed by atoms with Crippen LogP contribution in [-0.4, -0.2) is 17.2 Å². The van der Waals surface area contributed by atoms with Crippen LogP contribution < -0.4 is 0 Å². The average Bonchev–Trinajstić information content (AvgIpc) is 3.49. The molecule has 1 aliphatic carbocycles. The van der Waals surface area contributed by atoms with Crippen LogP contribution in [0, 0.1) is 11.8 Å². The molecular formula is C24H26O3. The lowest BCUT2D eigenvalue weighted by Gasteiger charge is -2.19. The molecule has 4 rings (SSSR count). The Balaban J connectivity index is 1.54. The summed E-state index contributed by atoms with van der Waals surface area (Å²) < 4.78 is 5.65. The average molecular weight is 362 g/mol. The van der Waals surface area contributed by atoms with Crippen molar-refractivity contribution >= 4 is 5.97 Å². The molecule has 0 saturated heterocycles. The van der Waals surface area contributed by atoms with E-state index in [2.05, 4.69) is 19.1 Å². The van der Waals surface area contributed by atoms with E-state index in [4.69, 9.17) is 4.74 Å². The summed E-state index contributed by atoms with van der Waals surface area (Å²) in [6.45, 7) is 2.05. The first-order valence-electron chi connectivity index (χ1n) is 9.88. The van der Waals surface area contributed by atoms with Crippen LogP contribution in [0.4, 0.5) is 0 Å². The Hall–Kier alpha value is -2.55. The van der Waals surface area contributed by atoms with Crippen molar-refractivity contribution in [2.45, 2.75) is 44.6 Å². The zero-order chi connectivity index (χ0) is 18.8. The molecule has 0 spiro atoms. The number of hydrogen-bond donors (Lipinski definition) is 1. The minimum absolute atomic E-state index is 0.0509. The van der Waals surface area contributed by atoms with Gasteiger partial charge < -0.3 is 9.84 Å². The second kappa shape index (κ2) is 7.59. The maximum atomic E-state index is 12.7. The molecule has 3 unspecified atom stereocenters. The van der Waals surface area contributed by atoms with E-state index in [1.807, 2.05) is 48.5 Å². The van der Waals surface area contributed by atoms with Crippen molar-refractivity contribution in [3.8, 4) is 0 Å². The number of ether oxygens (including phenoxy) is 1. The van der Waals surface area contributed by atoms with Crippen LogP contribution >= 0.6 is 0 Å². The predicted octanol–water partition coefficient (Wildman–Crippen LogP) is 5.19. The Morgan fingerprint density at radius 3 is 2.30 bits per heavy atom. The SMILES string of the molecule is CC(CCc1ccccc1)C1OC(=O)C(C(c2ccccc2)C2CC2)=C1O. The van der Waals surface area contributed by atoms with E-state index < -0.39 is 6.10 Å². The monoisotopic (exact) mass is 362 g/mol. The zero-order valence-corrected chi connectivity index (χ0v) is 15.7. The van der Waals surface area contributed by atoms with Crippen LogP contribution in [0.15, 0.2) is 72.0 Å². The molecule has 2 aromatic rings. The maximum Gasteiger partial charge on any atom is 0.338 e. The lowest BCUT2D eigenvalue weighted by molar-refractivity contribution is -0.142. The van der Waals surface area contributed by atoms with Gasteiger partial charge >= 0.3 is 5.97 Å². The third-order valence-corrected chi connectivity index (χ3v) is 5.81. The Morgan fingerprint density at radius 2 is 1.67 bits per heavy atom. The van der Waals surface area contributed by atoms with Gasteiger partial charge in [0, 0.05) is 11.8 Å². The molecule has 140 valence electrons. The summed E-state index contributed by atoms with van der Waals surface area (Å²) in [7, 11) is 0. The van der Waals surface area contributed by atoms with Gasteiger partial charge in [-0.05, 0) is 42.7 Å². The van der Waals surface area contributed by atoms with E-state index in [0.717, 1.165) is 31.2 Å². The molecular weight excluding hydrogens is 336 g/mol. The van der Waals surface area contributed by atoms with Gasteiger partial charge in [-0.2, -0.15) is 0 Å². The number of aliphatic hydroxyl groups is 1. The zero-order valence-electron chi connectivity index (χ0n) is 15.7. The van der Waals surface area contributed by atoms with Crippen LogP contribution in [-0.2, 0) is 16.0 Å². The van der Waals surface area contributed by atoms with Gasteiger partial charge in [-0.1, -0.05) is 67.6 Å². The highest BCUT2D eigenvalue weighted by Gasteiger charge is 2.46. The molecule has 2 aliphatic rings. The summed E-state index contributed by atoms with van der Waals surface area (Å²) in [5.41, 5.74) is 2.84. The second-order valence-electron chi connectivity index (χ2n) is 7.85. The molecule has 3 heteroatoms. The first-order valence-corrected chi connectivity index (χ1v) is 9.88. The molecule has 2 aromatic carbocycles. The summed E-state index contributed by atoms with van der Waals surface area (Å²) in [5.74, 6) is 0.258. The standard InChI is InChI=1S/C24H26O3/c1-16(12-13-17-8-4-2-5-9-17)23-22(25)21(24(26)27-23)20(19-14-15-19)18-10-6-3-7-11-18/h2-11,16,19-20,23,25H,12-15H2,1H3. The lowest BCUT2D eigenvalue weighted by Crippen LogP contribution is -2.21. The summed E-state index contributed by atoms with van der Waals surface area (Å²) in [5, 5.41) is 10.9. The number of cyclic esters (lactones) is 1. The number of carbonyl (C=O) groups is 1. The quantitative estimate of drug-likeness (QED) is 0.690. The fourth-order valence-electron chi connectivity index (χ4n) is 4.12. The number of esters is 1. The minimum Gasteiger partial charge on any atom is -0.508 e. The molecule has 0 amide bonds. The van der Waals surface area contributed by atoms with E-state index >= 15 is 0 Å². The summed E-state index contributed by atoms with van der Waals surface area (Å²) in [6.07, 6.45) is 3.43. The van der Waals surface area contributed by atoms with Crippen molar-refractivity contribution in [3.63, 3.8) is 0 Å². The molecule has 1 heterocycles. The Kier molecular flexibility index (Phi) is 5.02. The van der Waals surface area contributed by atoms with E-state index in [1.165, 1.54) is 5.56 Å². The molecule has 1 N–H and O–H groups in total. The van der Waals surface area contributed by atoms with Crippen molar-refractivity contribution in [2.75, 3.05) is 0 Å². The molecule has 3 nitrogen and oxygen atoms in total. The molecule has 0 aromatic heterocycles. The molecule has 1 aliphatic heterocycles. The Morgan fingerprint density at radius 1 is 1.04 bits per heavy atom. The van der Waals surface area contributed by atoms with Gasteiger partial charge in [0.1, 0.15) is 5.76 Å². The number of benzene rings is 2.